The molecule has 0 aliphatic rings. The number of hydrogen-bond donors (Lipinski definition) is 2. The van der Waals surface area contributed by atoms with Gasteiger partial charge in [-0.3, -0.25) is 0 Å². The molecule has 4 nitrogen and oxygen atoms in total. The smallest absolute Gasteiger partial charge is 0.422 e. The molecule has 1 rings (SSSR count). The molecule has 3 N–H and O–H groups in total. The van der Waals surface area contributed by atoms with Crippen LogP contribution in [0.1, 0.15) is 5.56 Å². The van der Waals surface area contributed by atoms with E-state index in [2.05, 4.69) is 9.89 Å². The Morgan fingerprint density at radius 1 is 1.47 bits per heavy atom. The van der Waals surface area contributed by atoms with Crippen LogP contribution in [0.4, 0.5) is 13.2 Å². The summed E-state index contributed by atoms with van der Waals surface area (Å²) in [6.45, 7) is -1.47. The number of nitrogens with two attached hydrogens (primary N) is 1. The van der Waals surface area contributed by atoms with E-state index in [1.807, 2.05) is 0 Å². The third kappa shape index (κ3) is 4.03. The second kappa shape index (κ2) is 5.13. The van der Waals surface area contributed by atoms with Gasteiger partial charge in [-0.1, -0.05) is 16.8 Å². The van der Waals surface area contributed by atoms with Crippen molar-refractivity contribution in [2.45, 2.75) is 6.18 Å². The van der Waals surface area contributed by atoms with Crippen LogP contribution in [0.2, 0.25) is 5.02 Å². The summed E-state index contributed by atoms with van der Waals surface area (Å²) in [4.78, 5) is 0. The Morgan fingerprint density at radius 3 is 2.65 bits per heavy atom. The Hall–Kier alpha value is -1.63. The molecule has 8 heteroatoms. The number of ether oxygens (including phenoxy) is 1. The first-order valence-corrected chi connectivity index (χ1v) is 4.68. The van der Waals surface area contributed by atoms with Gasteiger partial charge in [0.1, 0.15) is 5.75 Å². The standard InChI is InChI=1S/C9H8ClF3N2O2/c10-5-1-2-7(17-4-9(11,12)13)6(3-5)8(14)15-16/h1-3,16H,4H2,(H2,14,15). The Balaban J connectivity index is 2.99. The predicted octanol–water partition coefficient (Wildman–Crippen LogP) is 2.38. The number of hydrogen-bond acceptors (Lipinski definition) is 3. The zero-order chi connectivity index (χ0) is 13.1. The third-order valence-corrected chi connectivity index (χ3v) is 1.95. The quantitative estimate of drug-likeness (QED) is 0.383. The van der Waals surface area contributed by atoms with E-state index in [0.29, 0.717) is 0 Å². The van der Waals surface area contributed by atoms with E-state index < -0.39 is 12.8 Å². The molecule has 94 valence electrons. The van der Waals surface area contributed by atoms with Crippen LogP contribution in [0.25, 0.3) is 0 Å². The molecule has 0 atom stereocenters. The molecule has 0 fully saturated rings. The van der Waals surface area contributed by atoms with Crippen molar-refractivity contribution in [2.75, 3.05) is 6.61 Å². The highest BCUT2D eigenvalue weighted by Crippen LogP contribution is 2.25. The first kappa shape index (κ1) is 13.4. The summed E-state index contributed by atoms with van der Waals surface area (Å²) in [6, 6.07) is 3.78. The van der Waals surface area contributed by atoms with Gasteiger partial charge in [0.15, 0.2) is 12.4 Å². The van der Waals surface area contributed by atoms with Gasteiger partial charge in [-0.2, -0.15) is 13.2 Å². The van der Waals surface area contributed by atoms with Crippen LogP contribution < -0.4 is 10.5 Å². The minimum Gasteiger partial charge on any atom is -0.483 e. The summed E-state index contributed by atoms with van der Waals surface area (Å²) in [5.41, 5.74) is 5.27. The number of oxime groups is 1. The van der Waals surface area contributed by atoms with Crippen LogP contribution in [0.15, 0.2) is 23.4 Å². The maximum atomic E-state index is 12.0. The fraction of sp³-hybridized carbons (Fsp3) is 0.222. The SMILES string of the molecule is NC(=NO)c1cc(Cl)ccc1OCC(F)(F)F. The molecule has 1 aromatic carbocycles. The van der Waals surface area contributed by atoms with Crippen LogP contribution in [-0.4, -0.2) is 23.8 Å². The van der Waals surface area contributed by atoms with Gasteiger partial charge in [0.05, 0.1) is 5.56 Å². The lowest BCUT2D eigenvalue weighted by atomic mass is 10.2. The van der Waals surface area contributed by atoms with Gasteiger partial charge in [-0.05, 0) is 18.2 Å². The molecular formula is C9H8ClF3N2O2. The van der Waals surface area contributed by atoms with Crippen molar-refractivity contribution < 1.29 is 23.1 Å². The van der Waals surface area contributed by atoms with Gasteiger partial charge >= 0.3 is 6.18 Å². The molecule has 17 heavy (non-hydrogen) atoms. The molecule has 0 aliphatic carbocycles. The molecule has 0 aromatic heterocycles. The molecular weight excluding hydrogens is 261 g/mol. The van der Waals surface area contributed by atoms with E-state index in [1.165, 1.54) is 18.2 Å². The summed E-state index contributed by atoms with van der Waals surface area (Å²) in [5, 5.41) is 11.4. The second-order valence-corrected chi connectivity index (χ2v) is 3.47. The lowest BCUT2D eigenvalue weighted by molar-refractivity contribution is -0.153. The summed E-state index contributed by atoms with van der Waals surface area (Å²) in [6.07, 6.45) is -4.47. The van der Waals surface area contributed by atoms with Crippen LogP contribution in [0.3, 0.4) is 0 Å². The zero-order valence-electron chi connectivity index (χ0n) is 8.33. The third-order valence-electron chi connectivity index (χ3n) is 1.72. The molecule has 0 aliphatic heterocycles. The summed E-state index contributed by atoms with van der Waals surface area (Å²) in [5.74, 6) is -0.549. The van der Waals surface area contributed by atoms with Gasteiger partial charge in [0.2, 0.25) is 0 Å². The van der Waals surface area contributed by atoms with Gasteiger partial charge in [-0.25, -0.2) is 0 Å². The minimum absolute atomic E-state index is 0.00995. The van der Waals surface area contributed by atoms with Crippen LogP contribution >= 0.6 is 11.6 Å². The van der Waals surface area contributed by atoms with E-state index in [9.17, 15) is 13.2 Å². The van der Waals surface area contributed by atoms with E-state index in [-0.39, 0.29) is 22.2 Å². The zero-order valence-corrected chi connectivity index (χ0v) is 9.09. The van der Waals surface area contributed by atoms with Crippen molar-refractivity contribution in [1.29, 1.82) is 0 Å². The maximum Gasteiger partial charge on any atom is 0.422 e. The molecule has 0 unspecified atom stereocenters. The summed E-state index contributed by atoms with van der Waals surface area (Å²) in [7, 11) is 0. The fourth-order valence-corrected chi connectivity index (χ4v) is 1.21. The van der Waals surface area contributed by atoms with Crippen molar-refractivity contribution in [2.24, 2.45) is 10.9 Å². The number of amidine groups is 1. The van der Waals surface area contributed by atoms with Crippen molar-refractivity contribution in [3.8, 4) is 5.75 Å². The number of rotatable bonds is 3. The van der Waals surface area contributed by atoms with Crippen molar-refractivity contribution in [1.82, 2.24) is 0 Å². The lowest BCUT2D eigenvalue weighted by Crippen LogP contribution is -2.21. The first-order valence-electron chi connectivity index (χ1n) is 4.30. The average Bonchev–Trinajstić information content (AvgIpc) is 2.25. The molecule has 0 bridgehead atoms. The van der Waals surface area contributed by atoms with E-state index in [0.717, 1.165) is 0 Å². The summed E-state index contributed by atoms with van der Waals surface area (Å²) >= 11 is 5.64. The van der Waals surface area contributed by atoms with Gasteiger partial charge in [-0.15, -0.1) is 0 Å². The van der Waals surface area contributed by atoms with E-state index in [1.54, 1.807) is 0 Å². The Morgan fingerprint density at radius 2 is 2.12 bits per heavy atom. The monoisotopic (exact) mass is 268 g/mol. The molecule has 0 spiro atoms. The van der Waals surface area contributed by atoms with Crippen molar-refractivity contribution in [3.63, 3.8) is 0 Å². The fourth-order valence-electron chi connectivity index (χ4n) is 1.04. The predicted molar refractivity (Wildman–Crippen MR) is 55.5 cm³/mol. The van der Waals surface area contributed by atoms with E-state index in [4.69, 9.17) is 22.5 Å². The van der Waals surface area contributed by atoms with Gasteiger partial charge in [0.25, 0.3) is 0 Å². The normalized spacial score (nSPS) is 12.6. The van der Waals surface area contributed by atoms with Crippen LogP contribution in [0, 0.1) is 0 Å². The van der Waals surface area contributed by atoms with Crippen molar-refractivity contribution in [3.05, 3.63) is 28.8 Å². The van der Waals surface area contributed by atoms with Crippen molar-refractivity contribution >= 4 is 17.4 Å². The molecule has 0 radical (unpaired) electrons. The topological polar surface area (TPSA) is 67.8 Å². The number of halogens is 4. The van der Waals surface area contributed by atoms with E-state index >= 15 is 0 Å². The summed E-state index contributed by atoms with van der Waals surface area (Å²) < 4.78 is 40.4. The molecule has 1 aromatic rings. The Labute approximate surface area is 99.4 Å². The molecule has 0 saturated carbocycles. The van der Waals surface area contributed by atoms with Gasteiger partial charge in [0, 0.05) is 5.02 Å². The number of benzene rings is 1. The molecule has 0 amide bonds. The Kier molecular flexibility index (Phi) is 4.06. The highest BCUT2D eigenvalue weighted by molar-refractivity contribution is 6.31. The average molecular weight is 269 g/mol. The highest BCUT2D eigenvalue weighted by atomic mass is 35.5. The van der Waals surface area contributed by atoms with Crippen LogP contribution in [0.5, 0.6) is 5.75 Å². The maximum absolute atomic E-state index is 12.0. The highest BCUT2D eigenvalue weighted by Gasteiger charge is 2.29. The number of nitrogens with zero attached hydrogens (tertiary/aromatic N) is 1. The van der Waals surface area contributed by atoms with Gasteiger partial charge < -0.3 is 15.7 Å². The molecule has 0 heterocycles. The van der Waals surface area contributed by atoms with Crippen LogP contribution in [-0.2, 0) is 0 Å². The molecule has 0 saturated heterocycles. The lowest BCUT2D eigenvalue weighted by Gasteiger charge is -2.12. The largest absolute Gasteiger partial charge is 0.483 e. The minimum atomic E-state index is -4.47. The second-order valence-electron chi connectivity index (χ2n) is 3.03. The Bertz CT molecular complexity index is 435. The number of alkyl halides is 3. The first-order chi connectivity index (χ1) is 7.83.